The maximum Gasteiger partial charge on any atom is 0.306 e. The number of aryl methyl sites for hydroxylation is 1. The van der Waals surface area contributed by atoms with Gasteiger partial charge in [-0.25, -0.2) is 0 Å². The van der Waals surface area contributed by atoms with Crippen LogP contribution >= 0.6 is 0 Å². The summed E-state index contributed by atoms with van der Waals surface area (Å²) in [6, 6.07) is 16.6. The van der Waals surface area contributed by atoms with Crippen molar-refractivity contribution in [1.29, 1.82) is 0 Å². The van der Waals surface area contributed by atoms with Gasteiger partial charge in [-0.05, 0) is 74.5 Å². The van der Waals surface area contributed by atoms with Gasteiger partial charge in [-0.15, -0.1) is 0 Å². The normalized spacial score (nSPS) is 22.0. The van der Waals surface area contributed by atoms with Gasteiger partial charge in [-0.1, -0.05) is 49.7 Å². The average Bonchev–Trinajstić information content (AvgIpc) is 2.79. The summed E-state index contributed by atoms with van der Waals surface area (Å²) in [5, 5.41) is 9.52. The van der Waals surface area contributed by atoms with E-state index in [1.165, 1.54) is 5.56 Å². The van der Waals surface area contributed by atoms with Crippen molar-refractivity contribution in [3.8, 4) is 11.5 Å². The van der Waals surface area contributed by atoms with Crippen LogP contribution in [0.25, 0.3) is 0 Å². The molecule has 0 saturated heterocycles. The second-order valence-corrected chi connectivity index (χ2v) is 8.83. The van der Waals surface area contributed by atoms with Crippen molar-refractivity contribution in [3.63, 3.8) is 0 Å². The molecular formula is C27H36O4. The van der Waals surface area contributed by atoms with Crippen LogP contribution in [-0.2, 0) is 11.2 Å². The minimum Gasteiger partial charge on any atom is -0.496 e. The van der Waals surface area contributed by atoms with E-state index >= 15 is 0 Å². The molecule has 4 unspecified atom stereocenters. The first-order chi connectivity index (χ1) is 15.0. The van der Waals surface area contributed by atoms with E-state index < -0.39 is 5.97 Å². The lowest BCUT2D eigenvalue weighted by Gasteiger charge is -2.35. The molecule has 0 radical (unpaired) electrons. The van der Waals surface area contributed by atoms with Gasteiger partial charge in [0.05, 0.1) is 19.1 Å². The molecule has 2 aromatic carbocycles. The SMILES string of the molecule is CCC1CCC(C(=O)O)CC1c1ccc(OC(C)CCCc2ccccc2)cc1OC. The van der Waals surface area contributed by atoms with Crippen LogP contribution in [0.4, 0.5) is 0 Å². The van der Waals surface area contributed by atoms with E-state index in [0.717, 1.165) is 55.6 Å². The molecule has 4 heteroatoms. The maximum absolute atomic E-state index is 11.6. The standard InChI is InChI=1S/C27H36O4/c1-4-21-13-14-22(27(28)29)17-25(21)24-16-15-23(18-26(24)30-3)31-19(2)9-8-12-20-10-6-5-7-11-20/h5-7,10-11,15-16,18-19,21-22,25H,4,8-9,12-14,17H2,1-3H3,(H,28,29). The van der Waals surface area contributed by atoms with Crippen LogP contribution in [0.5, 0.6) is 11.5 Å². The fourth-order valence-corrected chi connectivity index (χ4v) is 4.93. The molecular weight excluding hydrogens is 388 g/mol. The molecule has 1 aliphatic carbocycles. The number of methoxy groups -OCH3 is 1. The summed E-state index contributed by atoms with van der Waals surface area (Å²) in [6.07, 6.45) is 6.70. The molecule has 4 nitrogen and oxygen atoms in total. The highest BCUT2D eigenvalue weighted by Gasteiger charge is 2.35. The van der Waals surface area contributed by atoms with E-state index in [1.54, 1.807) is 7.11 Å². The van der Waals surface area contributed by atoms with Gasteiger partial charge in [-0.3, -0.25) is 4.79 Å². The Hall–Kier alpha value is -2.49. The van der Waals surface area contributed by atoms with Crippen molar-refractivity contribution in [2.45, 2.75) is 70.8 Å². The summed E-state index contributed by atoms with van der Waals surface area (Å²) in [4.78, 5) is 11.6. The Morgan fingerprint density at radius 2 is 1.94 bits per heavy atom. The predicted molar refractivity (Wildman–Crippen MR) is 124 cm³/mol. The van der Waals surface area contributed by atoms with E-state index in [4.69, 9.17) is 9.47 Å². The summed E-state index contributed by atoms with van der Waals surface area (Å²) in [6.45, 7) is 4.30. The summed E-state index contributed by atoms with van der Waals surface area (Å²) in [7, 11) is 1.68. The van der Waals surface area contributed by atoms with E-state index in [2.05, 4.69) is 44.2 Å². The summed E-state index contributed by atoms with van der Waals surface area (Å²) in [5.74, 6) is 1.39. The number of rotatable bonds is 10. The third kappa shape index (κ3) is 6.25. The molecule has 0 aliphatic heterocycles. The molecule has 1 N–H and O–H groups in total. The van der Waals surface area contributed by atoms with E-state index in [1.807, 2.05) is 18.2 Å². The van der Waals surface area contributed by atoms with Crippen molar-refractivity contribution in [2.75, 3.05) is 7.11 Å². The highest BCUT2D eigenvalue weighted by atomic mass is 16.5. The number of hydrogen-bond acceptors (Lipinski definition) is 3. The quantitative estimate of drug-likeness (QED) is 0.474. The van der Waals surface area contributed by atoms with Crippen LogP contribution in [0, 0.1) is 11.8 Å². The topological polar surface area (TPSA) is 55.8 Å². The fraction of sp³-hybridized carbons (Fsp3) is 0.519. The van der Waals surface area contributed by atoms with Crippen molar-refractivity contribution >= 4 is 5.97 Å². The van der Waals surface area contributed by atoms with Gasteiger partial charge in [0.2, 0.25) is 0 Å². The lowest BCUT2D eigenvalue weighted by Crippen LogP contribution is -2.28. The summed E-state index contributed by atoms with van der Waals surface area (Å²) in [5.41, 5.74) is 2.47. The summed E-state index contributed by atoms with van der Waals surface area (Å²) >= 11 is 0. The molecule has 4 atom stereocenters. The molecule has 2 aromatic rings. The molecule has 1 aliphatic rings. The first-order valence-corrected chi connectivity index (χ1v) is 11.6. The van der Waals surface area contributed by atoms with E-state index in [0.29, 0.717) is 12.3 Å². The van der Waals surface area contributed by atoms with Crippen LogP contribution in [0.15, 0.2) is 48.5 Å². The Morgan fingerprint density at radius 3 is 2.61 bits per heavy atom. The van der Waals surface area contributed by atoms with Gasteiger partial charge >= 0.3 is 5.97 Å². The largest absolute Gasteiger partial charge is 0.496 e. The molecule has 1 fully saturated rings. The number of hydrogen-bond donors (Lipinski definition) is 1. The summed E-state index contributed by atoms with van der Waals surface area (Å²) < 4.78 is 11.9. The number of aliphatic carboxylic acids is 1. The minimum atomic E-state index is -0.678. The van der Waals surface area contributed by atoms with Gasteiger partial charge in [0.25, 0.3) is 0 Å². The van der Waals surface area contributed by atoms with E-state index in [-0.39, 0.29) is 17.9 Å². The van der Waals surface area contributed by atoms with Gasteiger partial charge in [-0.2, -0.15) is 0 Å². The van der Waals surface area contributed by atoms with Crippen LogP contribution in [0.2, 0.25) is 0 Å². The molecule has 0 amide bonds. The number of benzene rings is 2. The van der Waals surface area contributed by atoms with Crippen molar-refractivity contribution in [1.82, 2.24) is 0 Å². The van der Waals surface area contributed by atoms with Gasteiger partial charge in [0, 0.05) is 6.07 Å². The monoisotopic (exact) mass is 424 g/mol. The maximum atomic E-state index is 11.6. The highest BCUT2D eigenvalue weighted by molar-refractivity contribution is 5.70. The number of carboxylic acids is 1. The fourth-order valence-electron chi connectivity index (χ4n) is 4.93. The molecule has 3 rings (SSSR count). The first kappa shape index (κ1) is 23.2. The van der Waals surface area contributed by atoms with Crippen LogP contribution < -0.4 is 9.47 Å². The Balaban J connectivity index is 1.63. The number of carbonyl (C=O) groups is 1. The van der Waals surface area contributed by atoms with E-state index in [9.17, 15) is 9.90 Å². The Bertz CT molecular complexity index is 832. The van der Waals surface area contributed by atoms with Crippen LogP contribution in [0.3, 0.4) is 0 Å². The van der Waals surface area contributed by atoms with Gasteiger partial charge in [0.15, 0.2) is 0 Å². The van der Waals surface area contributed by atoms with Crippen molar-refractivity contribution < 1.29 is 19.4 Å². The average molecular weight is 425 g/mol. The van der Waals surface area contributed by atoms with Crippen LogP contribution in [-0.4, -0.2) is 24.3 Å². The smallest absolute Gasteiger partial charge is 0.306 e. The van der Waals surface area contributed by atoms with Crippen molar-refractivity contribution in [3.05, 3.63) is 59.7 Å². The lowest BCUT2D eigenvalue weighted by atomic mass is 9.70. The second-order valence-electron chi connectivity index (χ2n) is 8.83. The molecule has 0 heterocycles. The van der Waals surface area contributed by atoms with Crippen LogP contribution in [0.1, 0.15) is 69.4 Å². The molecule has 168 valence electrons. The number of carboxylic acid groups (broad SMARTS) is 1. The second kappa shape index (κ2) is 11.2. The molecule has 0 aromatic heterocycles. The molecule has 0 bridgehead atoms. The zero-order chi connectivity index (χ0) is 22.2. The first-order valence-electron chi connectivity index (χ1n) is 11.6. The predicted octanol–water partition coefficient (Wildman–Crippen LogP) is 6.48. The lowest BCUT2D eigenvalue weighted by molar-refractivity contribution is -0.143. The molecule has 1 saturated carbocycles. The van der Waals surface area contributed by atoms with Crippen molar-refractivity contribution in [2.24, 2.45) is 11.8 Å². The molecule has 31 heavy (non-hydrogen) atoms. The minimum absolute atomic E-state index is 0.119. The van der Waals surface area contributed by atoms with Gasteiger partial charge in [0.1, 0.15) is 11.5 Å². The zero-order valence-electron chi connectivity index (χ0n) is 19.0. The number of ether oxygens (including phenoxy) is 2. The Kier molecular flexibility index (Phi) is 8.39. The third-order valence-corrected chi connectivity index (χ3v) is 6.73. The zero-order valence-corrected chi connectivity index (χ0v) is 19.0. The molecule has 0 spiro atoms. The highest BCUT2D eigenvalue weighted by Crippen LogP contribution is 2.45. The Morgan fingerprint density at radius 1 is 1.16 bits per heavy atom. The third-order valence-electron chi connectivity index (χ3n) is 6.73. The van der Waals surface area contributed by atoms with Gasteiger partial charge < -0.3 is 14.6 Å². The Labute approximate surface area is 186 Å².